The number of rotatable bonds is 5. The highest BCUT2D eigenvalue weighted by molar-refractivity contribution is 9.10. The van der Waals surface area contributed by atoms with Crippen LogP contribution in [-0.2, 0) is 23.9 Å². The molecule has 0 radical (unpaired) electrons. The number of halogens is 2. The Balaban J connectivity index is 2.18. The molecule has 3 atom stereocenters. The van der Waals surface area contributed by atoms with E-state index in [0.717, 1.165) is 0 Å². The normalized spacial score (nSPS) is 23.3. The maximum Gasteiger partial charge on any atom is 0.336 e. The van der Waals surface area contributed by atoms with Crippen LogP contribution in [0.15, 0.2) is 45.2 Å². The van der Waals surface area contributed by atoms with Crippen molar-refractivity contribution in [3.05, 3.63) is 56.6 Å². The molecule has 1 N–H and O–H groups in total. The average Bonchev–Trinajstić information content (AvgIpc) is 2.72. The summed E-state index contributed by atoms with van der Waals surface area (Å²) in [5.41, 5.74) is 2.38. The standard InChI is InChI=1S/C23H25BrFNO5/c1-5-8-31-23(29)18-12(3)26-16-9-11(2)17(22(28)30-4)21(27)20(16)19(18)13-6-7-15(25)14(24)10-13/h6-7,10-11,17,19,26H,5,8-9H2,1-4H3/t11-,17-,19+/m0/s1. The first kappa shape index (κ1) is 23.2. The summed E-state index contributed by atoms with van der Waals surface area (Å²) >= 11 is 3.19. The Morgan fingerprint density at radius 2 is 2.03 bits per heavy atom. The molecule has 0 amide bonds. The Kier molecular flexibility index (Phi) is 6.99. The number of carbonyl (C=O) groups is 3. The lowest BCUT2D eigenvalue weighted by atomic mass is 9.69. The third kappa shape index (κ3) is 4.31. The van der Waals surface area contributed by atoms with E-state index in [9.17, 15) is 18.8 Å². The zero-order valence-corrected chi connectivity index (χ0v) is 19.5. The molecule has 166 valence electrons. The molecule has 0 bridgehead atoms. The summed E-state index contributed by atoms with van der Waals surface area (Å²) in [5, 5.41) is 3.19. The Labute approximate surface area is 189 Å². The van der Waals surface area contributed by atoms with Crippen LogP contribution in [0.25, 0.3) is 0 Å². The molecule has 31 heavy (non-hydrogen) atoms. The summed E-state index contributed by atoms with van der Waals surface area (Å²) in [5.74, 6) is -4.04. The van der Waals surface area contributed by atoms with Crippen molar-refractivity contribution in [2.75, 3.05) is 13.7 Å². The minimum absolute atomic E-state index is 0.214. The molecule has 1 aromatic rings. The number of esters is 2. The van der Waals surface area contributed by atoms with E-state index in [1.807, 2.05) is 13.8 Å². The van der Waals surface area contributed by atoms with Crippen molar-refractivity contribution in [1.29, 1.82) is 0 Å². The molecule has 1 aliphatic carbocycles. The molecule has 1 aliphatic heterocycles. The van der Waals surface area contributed by atoms with Gasteiger partial charge in [0.05, 0.1) is 23.8 Å². The van der Waals surface area contributed by atoms with Crippen molar-refractivity contribution in [1.82, 2.24) is 5.32 Å². The van der Waals surface area contributed by atoms with Gasteiger partial charge in [0.2, 0.25) is 0 Å². The summed E-state index contributed by atoms with van der Waals surface area (Å²) in [6.45, 7) is 5.69. The summed E-state index contributed by atoms with van der Waals surface area (Å²) in [6.07, 6.45) is 1.08. The molecule has 0 unspecified atom stereocenters. The van der Waals surface area contributed by atoms with E-state index >= 15 is 0 Å². The predicted octanol–water partition coefficient (Wildman–Crippen LogP) is 4.15. The van der Waals surface area contributed by atoms with E-state index in [1.165, 1.54) is 13.2 Å². The SMILES string of the molecule is CCCOC(=O)C1=C(C)NC2=C(C(=O)[C@@H](C(=O)OC)[C@@H](C)C2)[C@@H]1c1ccc(F)c(Br)c1. The van der Waals surface area contributed by atoms with Gasteiger partial charge in [0.15, 0.2) is 5.78 Å². The quantitative estimate of drug-likeness (QED) is 0.489. The molecule has 2 aliphatic rings. The predicted molar refractivity (Wildman–Crippen MR) is 115 cm³/mol. The second-order valence-corrected chi connectivity index (χ2v) is 8.70. The number of hydrogen-bond donors (Lipinski definition) is 1. The average molecular weight is 494 g/mol. The Morgan fingerprint density at radius 3 is 2.65 bits per heavy atom. The van der Waals surface area contributed by atoms with Gasteiger partial charge in [-0.05, 0) is 59.3 Å². The van der Waals surface area contributed by atoms with Crippen molar-refractivity contribution in [3.63, 3.8) is 0 Å². The number of hydrogen-bond acceptors (Lipinski definition) is 6. The van der Waals surface area contributed by atoms with Gasteiger partial charge in [0.25, 0.3) is 0 Å². The number of ketones is 1. The summed E-state index contributed by atoms with van der Waals surface area (Å²) in [4.78, 5) is 38.9. The van der Waals surface area contributed by atoms with Gasteiger partial charge in [-0.2, -0.15) is 0 Å². The third-order valence-electron chi connectivity index (χ3n) is 5.68. The molecule has 0 fully saturated rings. The van der Waals surface area contributed by atoms with Crippen LogP contribution in [0.4, 0.5) is 4.39 Å². The van der Waals surface area contributed by atoms with Gasteiger partial charge >= 0.3 is 11.9 Å². The highest BCUT2D eigenvalue weighted by Crippen LogP contribution is 2.46. The van der Waals surface area contributed by atoms with E-state index in [-0.39, 0.29) is 22.6 Å². The van der Waals surface area contributed by atoms with Gasteiger partial charge in [-0.3, -0.25) is 9.59 Å². The number of nitrogens with one attached hydrogen (secondary N) is 1. The number of methoxy groups -OCH3 is 1. The monoisotopic (exact) mass is 493 g/mol. The Hall–Kier alpha value is -2.48. The van der Waals surface area contributed by atoms with Crippen LogP contribution in [0, 0.1) is 17.7 Å². The van der Waals surface area contributed by atoms with E-state index in [2.05, 4.69) is 21.2 Å². The molecule has 1 heterocycles. The lowest BCUT2D eigenvalue weighted by molar-refractivity contribution is -0.151. The lowest BCUT2D eigenvalue weighted by Gasteiger charge is -2.38. The molecule has 0 saturated heterocycles. The van der Waals surface area contributed by atoms with Gasteiger partial charge in [-0.1, -0.05) is 19.9 Å². The smallest absolute Gasteiger partial charge is 0.336 e. The van der Waals surface area contributed by atoms with Crippen LogP contribution in [0.2, 0.25) is 0 Å². The van der Waals surface area contributed by atoms with Crippen LogP contribution >= 0.6 is 15.9 Å². The van der Waals surface area contributed by atoms with Crippen LogP contribution < -0.4 is 5.32 Å². The van der Waals surface area contributed by atoms with Crippen LogP contribution in [0.5, 0.6) is 0 Å². The minimum Gasteiger partial charge on any atom is -0.468 e. The second-order valence-electron chi connectivity index (χ2n) is 7.84. The molecule has 0 saturated carbocycles. The zero-order valence-electron chi connectivity index (χ0n) is 17.9. The number of ether oxygens (including phenoxy) is 2. The number of dihydropyridines is 1. The third-order valence-corrected chi connectivity index (χ3v) is 6.28. The topological polar surface area (TPSA) is 81.7 Å². The van der Waals surface area contributed by atoms with Crippen LogP contribution in [0.3, 0.4) is 0 Å². The molecule has 0 spiro atoms. The maximum atomic E-state index is 13.9. The van der Waals surface area contributed by atoms with Crippen LogP contribution in [0.1, 0.15) is 45.1 Å². The molecular weight excluding hydrogens is 469 g/mol. The summed E-state index contributed by atoms with van der Waals surface area (Å²) in [6, 6.07) is 4.37. The van der Waals surface area contributed by atoms with Crippen LogP contribution in [-0.4, -0.2) is 31.4 Å². The van der Waals surface area contributed by atoms with Crippen molar-refractivity contribution < 1.29 is 28.2 Å². The molecule has 8 heteroatoms. The highest BCUT2D eigenvalue weighted by atomic mass is 79.9. The van der Waals surface area contributed by atoms with Crippen molar-refractivity contribution >= 4 is 33.7 Å². The molecular formula is C23H25BrFNO5. The molecule has 0 aromatic heterocycles. The Morgan fingerprint density at radius 1 is 1.32 bits per heavy atom. The maximum absolute atomic E-state index is 13.9. The second kappa shape index (κ2) is 9.34. The van der Waals surface area contributed by atoms with Crippen molar-refractivity contribution in [2.45, 2.75) is 39.5 Å². The van der Waals surface area contributed by atoms with E-state index in [1.54, 1.807) is 19.1 Å². The summed E-state index contributed by atoms with van der Waals surface area (Å²) < 4.78 is 24.4. The highest BCUT2D eigenvalue weighted by Gasteiger charge is 2.47. The van der Waals surface area contributed by atoms with E-state index in [0.29, 0.717) is 35.4 Å². The largest absolute Gasteiger partial charge is 0.468 e. The fraction of sp³-hybridized carbons (Fsp3) is 0.435. The number of benzene rings is 1. The summed E-state index contributed by atoms with van der Waals surface area (Å²) in [7, 11) is 1.25. The van der Waals surface area contributed by atoms with Gasteiger partial charge in [-0.15, -0.1) is 0 Å². The minimum atomic E-state index is -0.969. The fourth-order valence-electron chi connectivity index (χ4n) is 4.25. The van der Waals surface area contributed by atoms with Gasteiger partial charge in [-0.25, -0.2) is 9.18 Å². The van der Waals surface area contributed by atoms with Crippen molar-refractivity contribution in [3.8, 4) is 0 Å². The number of carbonyl (C=O) groups excluding carboxylic acids is 3. The Bertz CT molecular complexity index is 1000. The van der Waals surface area contributed by atoms with Gasteiger partial charge in [0, 0.05) is 22.9 Å². The van der Waals surface area contributed by atoms with E-state index < -0.39 is 35.4 Å². The van der Waals surface area contributed by atoms with E-state index in [4.69, 9.17) is 9.47 Å². The first-order valence-electron chi connectivity index (χ1n) is 10.2. The zero-order chi connectivity index (χ0) is 22.9. The first-order valence-corrected chi connectivity index (χ1v) is 10.9. The lowest BCUT2D eigenvalue weighted by Crippen LogP contribution is -2.43. The van der Waals surface area contributed by atoms with Gasteiger partial charge in [0.1, 0.15) is 11.7 Å². The fourth-order valence-corrected chi connectivity index (χ4v) is 4.65. The molecule has 6 nitrogen and oxygen atoms in total. The van der Waals surface area contributed by atoms with Crippen molar-refractivity contribution in [2.24, 2.45) is 11.8 Å². The first-order chi connectivity index (χ1) is 14.7. The molecule has 1 aromatic carbocycles. The molecule has 3 rings (SSSR count). The number of allylic oxidation sites excluding steroid dienone is 3. The number of Topliss-reactive ketones (excluding diaryl/α,β-unsaturated/α-hetero) is 1. The van der Waals surface area contributed by atoms with Gasteiger partial charge < -0.3 is 14.8 Å².